The first-order valence-corrected chi connectivity index (χ1v) is 12.3. The number of carbonyl (C=O) groups is 2. The molecule has 0 bridgehead atoms. The molecular weight excluding hydrogens is 414 g/mol. The summed E-state index contributed by atoms with van der Waals surface area (Å²) in [7, 11) is 0. The lowest BCUT2D eigenvalue weighted by Gasteiger charge is -2.21. The van der Waals surface area contributed by atoms with Gasteiger partial charge in [-0.05, 0) is 62.4 Å². The van der Waals surface area contributed by atoms with Crippen molar-refractivity contribution in [3.8, 4) is 5.75 Å². The van der Waals surface area contributed by atoms with E-state index in [4.69, 9.17) is 4.74 Å². The summed E-state index contributed by atoms with van der Waals surface area (Å²) in [5, 5.41) is 5.98. The van der Waals surface area contributed by atoms with Gasteiger partial charge in [-0.15, -0.1) is 0 Å². The van der Waals surface area contributed by atoms with Gasteiger partial charge in [-0.1, -0.05) is 44.0 Å². The summed E-state index contributed by atoms with van der Waals surface area (Å²) < 4.78 is 5.66. The minimum Gasteiger partial charge on any atom is -0.494 e. The molecule has 6 nitrogen and oxygen atoms in total. The Morgan fingerprint density at radius 2 is 1.85 bits per heavy atom. The van der Waals surface area contributed by atoms with Gasteiger partial charge in [-0.2, -0.15) is 0 Å². The number of hydrogen-bond donors (Lipinski definition) is 2. The van der Waals surface area contributed by atoms with Crippen LogP contribution >= 0.6 is 0 Å². The van der Waals surface area contributed by atoms with Crippen LogP contribution in [0.5, 0.6) is 5.75 Å². The molecule has 1 aliphatic rings. The molecule has 1 heterocycles. The van der Waals surface area contributed by atoms with Crippen LogP contribution in [0.25, 0.3) is 0 Å². The highest BCUT2D eigenvalue weighted by molar-refractivity contribution is 5.97. The molecule has 2 N–H and O–H groups in total. The molecule has 178 valence electrons. The van der Waals surface area contributed by atoms with Crippen molar-refractivity contribution >= 4 is 23.2 Å². The van der Waals surface area contributed by atoms with Crippen molar-refractivity contribution < 1.29 is 14.3 Å². The maximum atomic E-state index is 13.0. The van der Waals surface area contributed by atoms with Crippen molar-refractivity contribution in [1.82, 2.24) is 5.32 Å². The van der Waals surface area contributed by atoms with Gasteiger partial charge in [0, 0.05) is 30.9 Å². The molecule has 6 heteroatoms. The highest BCUT2D eigenvalue weighted by Crippen LogP contribution is 2.24. The van der Waals surface area contributed by atoms with Crippen LogP contribution in [-0.2, 0) is 16.0 Å². The van der Waals surface area contributed by atoms with Crippen molar-refractivity contribution in [1.29, 1.82) is 0 Å². The van der Waals surface area contributed by atoms with E-state index in [9.17, 15) is 9.59 Å². The van der Waals surface area contributed by atoms with Crippen molar-refractivity contribution in [2.24, 2.45) is 0 Å². The first-order valence-electron chi connectivity index (χ1n) is 12.3. The largest absolute Gasteiger partial charge is 0.494 e. The number of aryl methyl sites for hydroxylation is 1. The number of unbranched alkanes of at least 4 members (excludes halogenated alkanes) is 1. The maximum Gasteiger partial charge on any atom is 0.246 e. The van der Waals surface area contributed by atoms with Gasteiger partial charge in [0.15, 0.2) is 0 Å². The third-order valence-corrected chi connectivity index (χ3v) is 5.98. The van der Waals surface area contributed by atoms with Gasteiger partial charge in [0.2, 0.25) is 11.8 Å². The smallest absolute Gasteiger partial charge is 0.246 e. The van der Waals surface area contributed by atoms with Crippen molar-refractivity contribution in [2.45, 2.75) is 64.8 Å². The molecule has 2 aromatic carbocycles. The van der Waals surface area contributed by atoms with Gasteiger partial charge in [0.25, 0.3) is 0 Å². The zero-order chi connectivity index (χ0) is 23.5. The third-order valence-electron chi connectivity index (χ3n) is 5.98. The molecule has 1 unspecified atom stereocenters. The minimum atomic E-state index is -0.546. The molecule has 3 rings (SSSR count). The lowest BCUT2D eigenvalue weighted by atomic mass is 10.1. The van der Waals surface area contributed by atoms with Crippen molar-refractivity contribution in [3.05, 3.63) is 54.1 Å². The second kappa shape index (κ2) is 12.9. The summed E-state index contributed by atoms with van der Waals surface area (Å²) in [6, 6.07) is 15.2. The highest BCUT2D eigenvalue weighted by Gasteiger charge is 2.21. The molecular formula is C27H37N3O3. The number of amides is 2. The number of nitrogens with one attached hydrogen (secondary N) is 2. The van der Waals surface area contributed by atoms with Gasteiger partial charge in [0.05, 0.1) is 6.61 Å². The number of hydrogen-bond acceptors (Lipinski definition) is 4. The van der Waals surface area contributed by atoms with E-state index in [1.165, 1.54) is 12.8 Å². The van der Waals surface area contributed by atoms with E-state index in [2.05, 4.69) is 28.5 Å². The van der Waals surface area contributed by atoms with E-state index in [-0.39, 0.29) is 11.8 Å². The van der Waals surface area contributed by atoms with E-state index in [1.807, 2.05) is 49.4 Å². The maximum absolute atomic E-state index is 13.0. The highest BCUT2D eigenvalue weighted by atomic mass is 16.5. The summed E-state index contributed by atoms with van der Waals surface area (Å²) in [4.78, 5) is 28.1. The fourth-order valence-corrected chi connectivity index (χ4v) is 4.18. The molecule has 2 aromatic rings. The van der Waals surface area contributed by atoms with E-state index in [1.54, 1.807) is 0 Å². The van der Waals surface area contributed by atoms with Gasteiger partial charge in [-0.25, -0.2) is 0 Å². The zero-order valence-electron chi connectivity index (χ0n) is 19.9. The summed E-state index contributed by atoms with van der Waals surface area (Å²) in [6.07, 6.45) is 5.75. The number of rotatable bonds is 12. The fraction of sp³-hybridized carbons (Fsp3) is 0.481. The number of ether oxygens (including phenoxy) is 1. The number of nitrogens with zero attached hydrogens (tertiary/aromatic N) is 1. The van der Waals surface area contributed by atoms with Crippen LogP contribution in [0.2, 0.25) is 0 Å². The van der Waals surface area contributed by atoms with Gasteiger partial charge in [-0.3, -0.25) is 9.59 Å². The molecule has 33 heavy (non-hydrogen) atoms. The molecule has 0 radical (unpaired) electrons. The van der Waals surface area contributed by atoms with Crippen LogP contribution in [0.4, 0.5) is 11.4 Å². The van der Waals surface area contributed by atoms with Gasteiger partial charge < -0.3 is 20.3 Å². The Morgan fingerprint density at radius 3 is 2.61 bits per heavy atom. The first-order chi connectivity index (χ1) is 16.1. The lowest BCUT2D eigenvalue weighted by molar-refractivity contribution is -0.126. The molecule has 1 aliphatic heterocycles. The predicted octanol–water partition coefficient (Wildman–Crippen LogP) is 4.93. The standard InChI is InChI=1S/C27H37N3O3/c1-3-5-14-24(29-26(31)17-16-21-11-6-7-15-25(21)33-4-2)27(32)28-22-12-10-13-23(20-22)30-18-8-9-19-30/h6-7,10-13,15,20,24H,3-5,8-9,14,16-19H2,1-2H3,(H,28,32)(H,29,31). The van der Waals surface area contributed by atoms with Crippen LogP contribution in [0, 0.1) is 0 Å². The monoisotopic (exact) mass is 451 g/mol. The minimum absolute atomic E-state index is 0.122. The Balaban J connectivity index is 1.59. The van der Waals surface area contributed by atoms with E-state index in [0.29, 0.717) is 25.9 Å². The molecule has 1 fully saturated rings. The van der Waals surface area contributed by atoms with Crippen LogP contribution in [0.1, 0.15) is 57.9 Å². The van der Waals surface area contributed by atoms with Crippen LogP contribution in [0.3, 0.4) is 0 Å². The zero-order valence-corrected chi connectivity index (χ0v) is 19.9. The second-order valence-corrected chi connectivity index (χ2v) is 8.54. The molecule has 0 spiro atoms. The number of carbonyl (C=O) groups excluding carboxylic acids is 2. The van der Waals surface area contributed by atoms with E-state index >= 15 is 0 Å². The SMILES string of the molecule is CCCCC(NC(=O)CCc1ccccc1OCC)C(=O)Nc1cccc(N2CCCC2)c1. The molecule has 2 amide bonds. The molecule has 0 saturated carbocycles. The topological polar surface area (TPSA) is 70.7 Å². The average Bonchev–Trinajstić information content (AvgIpc) is 3.37. The summed E-state index contributed by atoms with van der Waals surface area (Å²) >= 11 is 0. The Morgan fingerprint density at radius 1 is 1.06 bits per heavy atom. The van der Waals surface area contributed by atoms with E-state index in [0.717, 1.165) is 48.6 Å². The Kier molecular flexibility index (Phi) is 9.60. The summed E-state index contributed by atoms with van der Waals surface area (Å²) in [5.74, 6) is 0.527. The van der Waals surface area contributed by atoms with Gasteiger partial charge >= 0.3 is 0 Å². The van der Waals surface area contributed by atoms with Crippen LogP contribution in [0.15, 0.2) is 48.5 Å². The van der Waals surface area contributed by atoms with Gasteiger partial charge in [0.1, 0.15) is 11.8 Å². The molecule has 0 aliphatic carbocycles. The van der Waals surface area contributed by atoms with Crippen LogP contribution in [-0.4, -0.2) is 37.6 Å². The number of anilines is 2. The molecule has 0 aromatic heterocycles. The quantitative estimate of drug-likeness (QED) is 0.480. The summed E-state index contributed by atoms with van der Waals surface area (Å²) in [6.45, 7) is 6.72. The van der Waals surface area contributed by atoms with Crippen LogP contribution < -0.4 is 20.3 Å². The Hall–Kier alpha value is -3.02. The Bertz CT molecular complexity index is 909. The average molecular weight is 452 g/mol. The summed E-state index contributed by atoms with van der Waals surface area (Å²) in [5.41, 5.74) is 2.90. The second-order valence-electron chi connectivity index (χ2n) is 8.54. The molecule has 1 atom stereocenters. The van der Waals surface area contributed by atoms with Crippen molar-refractivity contribution in [2.75, 3.05) is 29.9 Å². The lowest BCUT2D eigenvalue weighted by Crippen LogP contribution is -2.43. The normalized spacial score (nSPS) is 14.1. The fourth-order valence-electron chi connectivity index (χ4n) is 4.18. The first kappa shape index (κ1) is 24.6. The molecule has 1 saturated heterocycles. The Labute approximate surface area is 197 Å². The number of para-hydroxylation sites is 1. The third kappa shape index (κ3) is 7.52. The van der Waals surface area contributed by atoms with Crippen molar-refractivity contribution in [3.63, 3.8) is 0 Å². The van der Waals surface area contributed by atoms with E-state index < -0.39 is 6.04 Å². The number of benzene rings is 2. The predicted molar refractivity (Wildman–Crippen MR) is 134 cm³/mol.